The van der Waals surface area contributed by atoms with Gasteiger partial charge in [0, 0.05) is 24.2 Å². The van der Waals surface area contributed by atoms with Crippen molar-refractivity contribution in [3.63, 3.8) is 0 Å². The summed E-state index contributed by atoms with van der Waals surface area (Å²) < 4.78 is 0. The standard InChI is InChI=1S/C19H25NO2/c1-12-6-14(3)18(21)16(8-12)10-20(5)11-17-9-13(2)7-15(4)19(17)22/h6-9,21-22H,10-11H2,1-5H3. The van der Waals surface area contributed by atoms with E-state index in [1.54, 1.807) is 0 Å². The molecule has 0 unspecified atom stereocenters. The van der Waals surface area contributed by atoms with Crippen molar-refractivity contribution in [3.05, 3.63) is 57.6 Å². The van der Waals surface area contributed by atoms with E-state index in [1.165, 1.54) is 0 Å². The normalized spacial score (nSPS) is 11.2. The average Bonchev–Trinajstić information content (AvgIpc) is 2.41. The Morgan fingerprint density at radius 1 is 0.727 bits per heavy atom. The molecule has 2 aromatic rings. The molecule has 0 spiro atoms. The first-order valence-electron chi connectivity index (χ1n) is 7.54. The number of phenols is 2. The third-order valence-corrected chi connectivity index (χ3v) is 3.93. The fourth-order valence-corrected chi connectivity index (χ4v) is 2.97. The van der Waals surface area contributed by atoms with E-state index in [4.69, 9.17) is 0 Å². The molecule has 0 aromatic heterocycles. The predicted molar refractivity (Wildman–Crippen MR) is 90.3 cm³/mol. The van der Waals surface area contributed by atoms with E-state index in [0.29, 0.717) is 24.6 Å². The van der Waals surface area contributed by atoms with E-state index in [-0.39, 0.29) is 0 Å². The van der Waals surface area contributed by atoms with Crippen LogP contribution < -0.4 is 0 Å². The van der Waals surface area contributed by atoms with Gasteiger partial charge in [-0.1, -0.05) is 35.4 Å². The minimum Gasteiger partial charge on any atom is -0.507 e. The highest BCUT2D eigenvalue weighted by atomic mass is 16.3. The molecule has 0 bridgehead atoms. The lowest BCUT2D eigenvalue weighted by Gasteiger charge is -2.20. The Balaban J connectivity index is 2.19. The van der Waals surface area contributed by atoms with E-state index in [1.807, 2.05) is 59.0 Å². The molecular formula is C19H25NO2. The number of aromatic hydroxyl groups is 2. The number of phenolic OH excluding ortho intramolecular Hbond substituents is 2. The van der Waals surface area contributed by atoms with E-state index < -0.39 is 0 Å². The molecule has 0 saturated heterocycles. The average molecular weight is 299 g/mol. The minimum absolute atomic E-state index is 0.363. The molecule has 0 atom stereocenters. The molecule has 3 heteroatoms. The van der Waals surface area contributed by atoms with Crippen LogP contribution in [0.25, 0.3) is 0 Å². The van der Waals surface area contributed by atoms with E-state index in [0.717, 1.165) is 33.4 Å². The van der Waals surface area contributed by atoms with Gasteiger partial charge in [-0.05, 0) is 45.9 Å². The lowest BCUT2D eigenvalue weighted by molar-refractivity contribution is 0.306. The SMILES string of the molecule is Cc1cc(C)c(O)c(CN(C)Cc2cc(C)cc(C)c2O)c1. The summed E-state index contributed by atoms with van der Waals surface area (Å²) in [6.45, 7) is 9.18. The highest BCUT2D eigenvalue weighted by Gasteiger charge is 2.12. The van der Waals surface area contributed by atoms with Gasteiger partial charge in [-0.15, -0.1) is 0 Å². The summed E-state index contributed by atoms with van der Waals surface area (Å²) in [5, 5.41) is 20.4. The van der Waals surface area contributed by atoms with Gasteiger partial charge in [-0.3, -0.25) is 4.90 Å². The number of aryl methyl sites for hydroxylation is 4. The Kier molecular flexibility index (Phi) is 4.77. The summed E-state index contributed by atoms with van der Waals surface area (Å²) in [5.41, 5.74) is 5.93. The lowest BCUT2D eigenvalue weighted by atomic mass is 10.0. The number of hydrogen-bond donors (Lipinski definition) is 2. The first-order valence-corrected chi connectivity index (χ1v) is 7.54. The lowest BCUT2D eigenvalue weighted by Crippen LogP contribution is -2.18. The zero-order chi connectivity index (χ0) is 16.4. The van der Waals surface area contributed by atoms with Crippen molar-refractivity contribution in [1.29, 1.82) is 0 Å². The molecule has 0 aliphatic rings. The first kappa shape index (κ1) is 16.4. The largest absolute Gasteiger partial charge is 0.507 e. The van der Waals surface area contributed by atoms with Crippen molar-refractivity contribution >= 4 is 0 Å². The van der Waals surface area contributed by atoms with E-state index >= 15 is 0 Å². The van der Waals surface area contributed by atoms with E-state index in [2.05, 4.69) is 4.90 Å². The van der Waals surface area contributed by atoms with Gasteiger partial charge < -0.3 is 10.2 Å². The van der Waals surface area contributed by atoms with Crippen molar-refractivity contribution in [2.45, 2.75) is 40.8 Å². The molecule has 2 rings (SSSR count). The molecule has 2 aromatic carbocycles. The highest BCUT2D eigenvalue weighted by molar-refractivity contribution is 5.44. The van der Waals surface area contributed by atoms with Crippen molar-refractivity contribution < 1.29 is 10.2 Å². The maximum absolute atomic E-state index is 10.2. The van der Waals surface area contributed by atoms with Crippen molar-refractivity contribution in [3.8, 4) is 11.5 Å². The predicted octanol–water partition coefficient (Wildman–Crippen LogP) is 3.96. The Labute approximate surface area is 132 Å². The van der Waals surface area contributed by atoms with Gasteiger partial charge in [0.05, 0.1) is 0 Å². The van der Waals surface area contributed by atoms with Crippen LogP contribution in [0.2, 0.25) is 0 Å². The fourth-order valence-electron chi connectivity index (χ4n) is 2.97. The molecular weight excluding hydrogens is 274 g/mol. The molecule has 0 amide bonds. The van der Waals surface area contributed by atoms with Gasteiger partial charge in [0.1, 0.15) is 11.5 Å². The Morgan fingerprint density at radius 2 is 1.09 bits per heavy atom. The number of nitrogens with zero attached hydrogens (tertiary/aromatic N) is 1. The molecule has 3 nitrogen and oxygen atoms in total. The summed E-state index contributed by atoms with van der Waals surface area (Å²) in [6, 6.07) is 7.99. The smallest absolute Gasteiger partial charge is 0.122 e. The van der Waals surface area contributed by atoms with Crippen LogP contribution >= 0.6 is 0 Å². The van der Waals surface area contributed by atoms with Crippen LogP contribution in [0.4, 0.5) is 0 Å². The van der Waals surface area contributed by atoms with Crippen LogP contribution in [0.1, 0.15) is 33.4 Å². The Morgan fingerprint density at radius 3 is 1.45 bits per heavy atom. The molecule has 0 aliphatic carbocycles. The van der Waals surface area contributed by atoms with Crippen LogP contribution in [-0.2, 0) is 13.1 Å². The van der Waals surface area contributed by atoms with Crippen molar-refractivity contribution in [2.75, 3.05) is 7.05 Å². The number of hydrogen-bond acceptors (Lipinski definition) is 3. The molecule has 0 aliphatic heterocycles. The maximum Gasteiger partial charge on any atom is 0.122 e. The summed E-state index contributed by atoms with van der Waals surface area (Å²) in [7, 11) is 1.99. The third kappa shape index (κ3) is 3.60. The molecule has 2 N–H and O–H groups in total. The topological polar surface area (TPSA) is 43.7 Å². The van der Waals surface area contributed by atoms with Gasteiger partial charge >= 0.3 is 0 Å². The van der Waals surface area contributed by atoms with Crippen molar-refractivity contribution in [2.24, 2.45) is 0 Å². The second kappa shape index (κ2) is 6.41. The quantitative estimate of drug-likeness (QED) is 0.898. The van der Waals surface area contributed by atoms with Crippen LogP contribution in [0.15, 0.2) is 24.3 Å². The summed E-state index contributed by atoms with van der Waals surface area (Å²) in [6.07, 6.45) is 0. The van der Waals surface area contributed by atoms with Crippen LogP contribution in [-0.4, -0.2) is 22.2 Å². The fraction of sp³-hybridized carbons (Fsp3) is 0.368. The van der Waals surface area contributed by atoms with E-state index in [9.17, 15) is 10.2 Å². The second-order valence-electron chi connectivity index (χ2n) is 6.35. The van der Waals surface area contributed by atoms with Crippen LogP contribution in [0.3, 0.4) is 0 Å². The molecule has 0 heterocycles. The zero-order valence-electron chi connectivity index (χ0n) is 14.1. The minimum atomic E-state index is 0.363. The maximum atomic E-state index is 10.2. The van der Waals surface area contributed by atoms with Crippen molar-refractivity contribution in [1.82, 2.24) is 4.90 Å². The molecule has 0 saturated carbocycles. The Bertz CT molecular complexity index is 633. The van der Waals surface area contributed by atoms with Gasteiger partial charge in [-0.25, -0.2) is 0 Å². The molecule has 118 valence electrons. The number of benzene rings is 2. The summed E-state index contributed by atoms with van der Waals surface area (Å²) in [4.78, 5) is 2.10. The van der Waals surface area contributed by atoms with Crippen LogP contribution in [0, 0.1) is 27.7 Å². The molecule has 22 heavy (non-hydrogen) atoms. The van der Waals surface area contributed by atoms with Crippen LogP contribution in [0.5, 0.6) is 11.5 Å². The summed E-state index contributed by atoms with van der Waals surface area (Å²) >= 11 is 0. The first-order chi connectivity index (χ1) is 10.3. The molecule has 0 fully saturated rings. The van der Waals surface area contributed by atoms with Gasteiger partial charge in [0.2, 0.25) is 0 Å². The van der Waals surface area contributed by atoms with Gasteiger partial charge in [0.15, 0.2) is 0 Å². The second-order valence-corrected chi connectivity index (χ2v) is 6.35. The number of rotatable bonds is 4. The zero-order valence-corrected chi connectivity index (χ0v) is 14.1. The third-order valence-electron chi connectivity index (χ3n) is 3.93. The highest BCUT2D eigenvalue weighted by Crippen LogP contribution is 2.28. The monoisotopic (exact) mass is 299 g/mol. The van der Waals surface area contributed by atoms with Gasteiger partial charge in [0.25, 0.3) is 0 Å². The molecule has 0 radical (unpaired) electrons. The Hall–Kier alpha value is -2.00. The summed E-state index contributed by atoms with van der Waals surface area (Å²) in [5.74, 6) is 0.726. The van der Waals surface area contributed by atoms with Gasteiger partial charge in [-0.2, -0.15) is 0 Å².